The van der Waals surface area contributed by atoms with Crippen LogP contribution in [0.3, 0.4) is 0 Å². The first-order valence-corrected chi connectivity index (χ1v) is 9.37. The van der Waals surface area contributed by atoms with E-state index in [1.807, 2.05) is 0 Å². The molecule has 2 atom stereocenters. The highest BCUT2D eigenvalue weighted by molar-refractivity contribution is 5.97. The van der Waals surface area contributed by atoms with Crippen molar-refractivity contribution in [2.45, 2.75) is 46.8 Å². The van der Waals surface area contributed by atoms with Crippen molar-refractivity contribution < 1.29 is 9.90 Å². The molecular formula is C20H27N3O4. The molecule has 1 aliphatic rings. The highest BCUT2D eigenvalue weighted by atomic mass is 16.3. The molecule has 146 valence electrons. The number of rotatable bonds is 2. The third kappa shape index (κ3) is 3.56. The van der Waals surface area contributed by atoms with Crippen molar-refractivity contribution in [2.24, 2.45) is 11.3 Å². The number of amides is 1. The molecule has 1 saturated heterocycles. The van der Waals surface area contributed by atoms with Crippen LogP contribution in [0.25, 0.3) is 10.9 Å². The highest BCUT2D eigenvalue weighted by Crippen LogP contribution is 2.34. The van der Waals surface area contributed by atoms with Gasteiger partial charge >= 0.3 is 5.69 Å². The number of hydrogen-bond acceptors (Lipinski definition) is 4. The van der Waals surface area contributed by atoms with E-state index < -0.39 is 11.8 Å². The Morgan fingerprint density at radius 3 is 2.59 bits per heavy atom. The van der Waals surface area contributed by atoms with Gasteiger partial charge in [0, 0.05) is 25.2 Å². The van der Waals surface area contributed by atoms with Gasteiger partial charge in [-0.1, -0.05) is 20.8 Å². The van der Waals surface area contributed by atoms with Crippen LogP contribution >= 0.6 is 0 Å². The molecular weight excluding hydrogens is 346 g/mol. The van der Waals surface area contributed by atoms with Crippen molar-refractivity contribution in [3.05, 3.63) is 44.6 Å². The number of aromatic amines is 1. The van der Waals surface area contributed by atoms with Gasteiger partial charge in [-0.2, -0.15) is 0 Å². The third-order valence-electron chi connectivity index (χ3n) is 5.53. The van der Waals surface area contributed by atoms with E-state index in [1.165, 1.54) is 0 Å². The van der Waals surface area contributed by atoms with Crippen LogP contribution in [0.15, 0.2) is 27.8 Å². The van der Waals surface area contributed by atoms with Gasteiger partial charge in [0.25, 0.3) is 11.5 Å². The molecule has 2 heterocycles. The maximum Gasteiger partial charge on any atom is 0.328 e. The number of piperidine rings is 1. The fourth-order valence-electron chi connectivity index (χ4n) is 3.98. The van der Waals surface area contributed by atoms with E-state index in [0.717, 1.165) is 11.0 Å². The van der Waals surface area contributed by atoms with E-state index in [9.17, 15) is 19.5 Å². The monoisotopic (exact) mass is 373 g/mol. The molecule has 0 aliphatic carbocycles. The van der Waals surface area contributed by atoms with Crippen LogP contribution in [-0.4, -0.2) is 44.7 Å². The molecule has 1 fully saturated rings. The smallest absolute Gasteiger partial charge is 0.328 e. The Morgan fingerprint density at radius 1 is 1.30 bits per heavy atom. The number of aromatic nitrogens is 2. The van der Waals surface area contributed by atoms with E-state index in [4.69, 9.17) is 0 Å². The second-order valence-corrected chi connectivity index (χ2v) is 8.32. The van der Waals surface area contributed by atoms with Gasteiger partial charge in [-0.25, -0.2) is 4.79 Å². The molecule has 27 heavy (non-hydrogen) atoms. The molecule has 7 nitrogen and oxygen atoms in total. The van der Waals surface area contributed by atoms with Gasteiger partial charge < -0.3 is 15.0 Å². The van der Waals surface area contributed by atoms with Gasteiger partial charge in [-0.15, -0.1) is 0 Å². The summed E-state index contributed by atoms with van der Waals surface area (Å²) in [5.74, 6) is -0.0640. The van der Waals surface area contributed by atoms with Crippen LogP contribution in [0.1, 0.15) is 44.5 Å². The second kappa shape index (κ2) is 6.96. The fourth-order valence-corrected chi connectivity index (χ4v) is 3.98. The average molecular weight is 373 g/mol. The van der Waals surface area contributed by atoms with Gasteiger partial charge in [0.15, 0.2) is 0 Å². The molecule has 7 heteroatoms. The zero-order chi connectivity index (χ0) is 19.9. The number of H-pyrrole nitrogens is 1. The van der Waals surface area contributed by atoms with Crippen molar-refractivity contribution in [2.75, 3.05) is 13.1 Å². The number of aliphatic hydroxyl groups is 1. The number of likely N-dealkylation sites (tertiary alicyclic amines) is 1. The van der Waals surface area contributed by atoms with Crippen molar-refractivity contribution in [1.82, 2.24) is 14.5 Å². The van der Waals surface area contributed by atoms with E-state index in [2.05, 4.69) is 25.8 Å². The Morgan fingerprint density at radius 2 is 2.00 bits per heavy atom. The zero-order valence-electron chi connectivity index (χ0n) is 16.3. The predicted octanol–water partition coefficient (Wildman–Crippen LogP) is 1.58. The fraction of sp³-hybridized carbons (Fsp3) is 0.550. The lowest BCUT2D eigenvalue weighted by Gasteiger charge is -2.42. The summed E-state index contributed by atoms with van der Waals surface area (Å²) in [6.07, 6.45) is 0.168. The molecule has 0 unspecified atom stereocenters. The number of nitrogens with one attached hydrogen (secondary N) is 1. The van der Waals surface area contributed by atoms with Crippen molar-refractivity contribution in [3.8, 4) is 0 Å². The Bertz CT molecular complexity index is 983. The molecule has 0 spiro atoms. The summed E-state index contributed by atoms with van der Waals surface area (Å²) in [6, 6.07) is 4.72. The number of β-amino-alcohol motifs (C(OH)–C–C–N with tert-alkyl or cyclic N) is 1. The second-order valence-electron chi connectivity index (χ2n) is 8.32. The number of aliphatic hydroxyl groups excluding tert-OH is 1. The van der Waals surface area contributed by atoms with Crippen LogP contribution in [-0.2, 0) is 6.54 Å². The summed E-state index contributed by atoms with van der Waals surface area (Å²) in [5, 5.41) is 10.9. The van der Waals surface area contributed by atoms with E-state index in [0.29, 0.717) is 23.0 Å². The Balaban J connectivity index is 1.89. The summed E-state index contributed by atoms with van der Waals surface area (Å²) >= 11 is 0. The molecule has 0 radical (unpaired) electrons. The van der Waals surface area contributed by atoms with Crippen LogP contribution < -0.4 is 11.2 Å². The summed E-state index contributed by atoms with van der Waals surface area (Å²) in [6.45, 7) is 9.16. The number of fused-ring (bicyclic) bond motifs is 1. The van der Waals surface area contributed by atoms with Gasteiger partial charge in [0.2, 0.25) is 0 Å². The zero-order valence-corrected chi connectivity index (χ0v) is 16.3. The van der Waals surface area contributed by atoms with Crippen LogP contribution in [0.2, 0.25) is 0 Å². The van der Waals surface area contributed by atoms with Gasteiger partial charge in [-0.3, -0.25) is 14.2 Å². The molecule has 2 N–H and O–H groups in total. The maximum atomic E-state index is 12.9. The molecule has 1 aromatic heterocycles. The molecule has 1 amide bonds. The van der Waals surface area contributed by atoms with Crippen molar-refractivity contribution >= 4 is 16.8 Å². The quantitative estimate of drug-likeness (QED) is 0.835. The molecule has 3 rings (SSSR count). The first kappa shape index (κ1) is 19.4. The summed E-state index contributed by atoms with van der Waals surface area (Å²) in [5.41, 5.74) is -0.118. The third-order valence-corrected chi connectivity index (χ3v) is 5.53. The van der Waals surface area contributed by atoms with Gasteiger partial charge in [0.1, 0.15) is 0 Å². The van der Waals surface area contributed by atoms with Gasteiger partial charge in [0.05, 0.1) is 17.0 Å². The standard InChI is InChI=1S/C20H27N3O4/c1-5-23-18(26)13-7-6-12(10-15(13)21-19(23)27)17(25)22-9-8-14(16(24)11-22)20(2,3)4/h6-7,10,14,16,24H,5,8-9,11H2,1-4H3,(H,21,27)/t14-,16+/m0/s1. The normalized spacial score (nSPS) is 20.9. The minimum absolute atomic E-state index is 0.0177. The number of nitrogens with zero attached hydrogens (tertiary/aromatic N) is 2. The van der Waals surface area contributed by atoms with E-state index >= 15 is 0 Å². The first-order valence-electron chi connectivity index (χ1n) is 9.37. The lowest BCUT2D eigenvalue weighted by molar-refractivity contribution is -0.0188. The number of carbonyl (C=O) groups excluding carboxylic acids is 1. The summed E-state index contributed by atoms with van der Waals surface area (Å²) in [4.78, 5) is 41.6. The Kier molecular flexibility index (Phi) is 4.99. The summed E-state index contributed by atoms with van der Waals surface area (Å²) < 4.78 is 1.12. The SMILES string of the molecule is CCn1c(=O)[nH]c2cc(C(=O)N3CC[C@H](C(C)(C)C)[C@H](O)C3)ccc2c1=O. The predicted molar refractivity (Wildman–Crippen MR) is 104 cm³/mol. The number of benzene rings is 1. The maximum absolute atomic E-state index is 12.9. The lowest BCUT2D eigenvalue weighted by Crippen LogP contribution is -2.50. The number of carbonyl (C=O) groups is 1. The lowest BCUT2D eigenvalue weighted by atomic mass is 9.73. The highest BCUT2D eigenvalue weighted by Gasteiger charge is 2.37. The van der Waals surface area contributed by atoms with Crippen molar-refractivity contribution in [3.63, 3.8) is 0 Å². The molecule has 1 aliphatic heterocycles. The molecule has 0 bridgehead atoms. The summed E-state index contributed by atoms with van der Waals surface area (Å²) in [7, 11) is 0. The Hall–Kier alpha value is -2.41. The van der Waals surface area contributed by atoms with E-state index in [-0.39, 0.29) is 35.9 Å². The first-order chi connectivity index (χ1) is 12.6. The minimum atomic E-state index is -0.570. The largest absolute Gasteiger partial charge is 0.391 e. The molecule has 2 aromatic rings. The number of hydrogen-bond donors (Lipinski definition) is 2. The van der Waals surface area contributed by atoms with Crippen LogP contribution in [0.4, 0.5) is 0 Å². The Labute approximate surface area is 157 Å². The van der Waals surface area contributed by atoms with Gasteiger partial charge in [-0.05, 0) is 42.9 Å². The van der Waals surface area contributed by atoms with Crippen LogP contribution in [0.5, 0.6) is 0 Å². The topological polar surface area (TPSA) is 95.4 Å². The van der Waals surface area contributed by atoms with Crippen LogP contribution in [0, 0.1) is 11.3 Å². The minimum Gasteiger partial charge on any atom is -0.391 e. The molecule has 1 aromatic carbocycles. The van der Waals surface area contributed by atoms with Crippen molar-refractivity contribution in [1.29, 1.82) is 0 Å². The average Bonchev–Trinajstić information content (AvgIpc) is 2.59. The molecule has 0 saturated carbocycles. The van der Waals surface area contributed by atoms with E-state index in [1.54, 1.807) is 30.0 Å².